The lowest BCUT2D eigenvalue weighted by atomic mass is 10.1. The van der Waals surface area contributed by atoms with Crippen molar-refractivity contribution in [2.75, 3.05) is 18.2 Å². The molecule has 0 aliphatic heterocycles. The van der Waals surface area contributed by atoms with Gasteiger partial charge in [-0.25, -0.2) is 12.8 Å². The monoisotopic (exact) mass is 432 g/mol. The van der Waals surface area contributed by atoms with Gasteiger partial charge in [-0.2, -0.15) is 0 Å². The molecule has 3 rings (SSSR count). The second-order valence-corrected chi connectivity index (χ2v) is 8.79. The van der Waals surface area contributed by atoms with E-state index in [1.807, 2.05) is 6.92 Å². The topological polar surface area (TPSA) is 98.5 Å². The first-order chi connectivity index (χ1) is 14.2. The number of hydrogen-bond donors (Lipinski definition) is 1. The van der Waals surface area contributed by atoms with Crippen molar-refractivity contribution in [3.63, 3.8) is 0 Å². The number of aromatic nitrogens is 1. The number of rotatable bonds is 7. The second-order valence-electron chi connectivity index (χ2n) is 6.71. The maximum atomic E-state index is 13.0. The molecule has 0 spiro atoms. The van der Waals surface area contributed by atoms with Gasteiger partial charge in [-0.3, -0.25) is 4.79 Å². The third-order valence-electron chi connectivity index (χ3n) is 4.64. The van der Waals surface area contributed by atoms with E-state index in [9.17, 15) is 17.6 Å². The summed E-state index contributed by atoms with van der Waals surface area (Å²) in [7, 11) is -2.47. The lowest BCUT2D eigenvalue weighted by molar-refractivity contribution is -0.115. The van der Waals surface area contributed by atoms with Crippen molar-refractivity contribution in [1.82, 2.24) is 5.16 Å². The van der Waals surface area contributed by atoms with Gasteiger partial charge >= 0.3 is 0 Å². The van der Waals surface area contributed by atoms with Crippen LogP contribution in [0.15, 0.2) is 51.9 Å². The predicted molar refractivity (Wildman–Crippen MR) is 110 cm³/mol. The van der Waals surface area contributed by atoms with Crippen molar-refractivity contribution in [2.24, 2.45) is 0 Å². The second kappa shape index (κ2) is 8.66. The van der Waals surface area contributed by atoms with Gasteiger partial charge in [-0.15, -0.1) is 0 Å². The summed E-state index contributed by atoms with van der Waals surface area (Å²) in [6, 6.07) is 9.89. The number of aryl methyl sites for hydroxylation is 1. The number of nitrogens with zero attached hydrogens (tertiary/aromatic N) is 1. The highest BCUT2D eigenvalue weighted by Gasteiger charge is 2.23. The van der Waals surface area contributed by atoms with Gasteiger partial charge in [0.2, 0.25) is 5.91 Å². The van der Waals surface area contributed by atoms with Gasteiger partial charge in [-0.1, -0.05) is 5.16 Å². The highest BCUT2D eigenvalue weighted by atomic mass is 32.2. The first kappa shape index (κ1) is 21.5. The van der Waals surface area contributed by atoms with Crippen molar-refractivity contribution in [3.8, 4) is 17.1 Å². The minimum Gasteiger partial charge on any atom is -0.495 e. The van der Waals surface area contributed by atoms with E-state index < -0.39 is 27.3 Å². The Balaban J connectivity index is 1.80. The number of hydrogen-bond acceptors (Lipinski definition) is 6. The molecule has 0 fully saturated rings. The molecule has 1 N–H and O–H groups in total. The van der Waals surface area contributed by atoms with Crippen LogP contribution in [0.4, 0.5) is 10.1 Å². The molecule has 3 aromatic rings. The van der Waals surface area contributed by atoms with Crippen molar-refractivity contribution in [3.05, 3.63) is 59.5 Å². The van der Waals surface area contributed by atoms with E-state index in [4.69, 9.17) is 9.26 Å². The maximum absolute atomic E-state index is 13.0. The Kier molecular flexibility index (Phi) is 6.21. The molecule has 1 amide bonds. The Morgan fingerprint density at radius 3 is 2.47 bits per heavy atom. The van der Waals surface area contributed by atoms with Crippen molar-refractivity contribution < 1.29 is 26.9 Å². The van der Waals surface area contributed by atoms with Crippen LogP contribution < -0.4 is 10.1 Å². The zero-order valence-corrected chi connectivity index (χ0v) is 17.5. The van der Waals surface area contributed by atoms with Crippen molar-refractivity contribution in [1.29, 1.82) is 0 Å². The molecular formula is C21H21FN2O5S. The third kappa shape index (κ3) is 4.68. The molecule has 0 radical (unpaired) electrons. The predicted octanol–water partition coefficient (Wildman–Crippen LogP) is 3.91. The maximum Gasteiger partial charge on any atom is 0.225 e. The number of nitrogens with one attached hydrogen (secondary N) is 1. The number of carbonyl (C=O) groups is 1. The molecule has 1 aromatic heterocycles. The van der Waals surface area contributed by atoms with E-state index >= 15 is 0 Å². The van der Waals surface area contributed by atoms with Crippen LogP contribution in [-0.2, 0) is 14.6 Å². The van der Waals surface area contributed by atoms with Gasteiger partial charge in [0.05, 0.1) is 18.6 Å². The number of carbonyl (C=O) groups excluding carboxylic acids is 1. The fourth-order valence-electron chi connectivity index (χ4n) is 2.84. The third-order valence-corrected chi connectivity index (χ3v) is 6.37. The number of ether oxygens (including phenoxy) is 1. The number of halogens is 1. The number of anilines is 1. The average Bonchev–Trinajstić information content (AvgIpc) is 3.06. The standard InChI is InChI=1S/C21H21FN2O5S/c1-13-14(2)24-29-21(13)15-4-9-18(28-3)19(12-15)30(26,27)11-10-20(25)23-17-7-5-16(22)6-8-17/h4-9,12H,10-11H2,1-3H3,(H,23,25). The summed E-state index contributed by atoms with van der Waals surface area (Å²) in [5.74, 6) is -0.706. The van der Waals surface area contributed by atoms with Crippen LogP contribution >= 0.6 is 0 Å². The molecule has 2 aromatic carbocycles. The summed E-state index contributed by atoms with van der Waals surface area (Å²) >= 11 is 0. The number of methoxy groups -OCH3 is 1. The minimum atomic E-state index is -3.84. The van der Waals surface area contributed by atoms with Gasteiger partial charge < -0.3 is 14.6 Å². The number of amides is 1. The Hall–Kier alpha value is -3.20. The van der Waals surface area contributed by atoms with E-state index in [1.54, 1.807) is 13.0 Å². The van der Waals surface area contributed by atoms with Crippen LogP contribution in [0, 0.1) is 19.7 Å². The van der Waals surface area contributed by atoms with E-state index in [1.165, 1.54) is 43.5 Å². The number of benzene rings is 2. The molecule has 1 heterocycles. The summed E-state index contributed by atoms with van der Waals surface area (Å²) in [6.07, 6.45) is -0.270. The normalized spacial score (nSPS) is 11.3. The Morgan fingerprint density at radius 2 is 1.87 bits per heavy atom. The SMILES string of the molecule is COc1ccc(-c2onc(C)c2C)cc1S(=O)(=O)CCC(=O)Nc1ccc(F)cc1. The smallest absolute Gasteiger partial charge is 0.225 e. The summed E-state index contributed by atoms with van der Waals surface area (Å²) in [4.78, 5) is 12.1. The first-order valence-corrected chi connectivity index (χ1v) is 10.8. The van der Waals surface area contributed by atoms with Crippen LogP contribution in [0.3, 0.4) is 0 Å². The van der Waals surface area contributed by atoms with E-state index in [2.05, 4.69) is 10.5 Å². The van der Waals surface area contributed by atoms with Crippen molar-refractivity contribution >= 4 is 21.4 Å². The minimum absolute atomic E-state index is 0.0365. The van der Waals surface area contributed by atoms with Crippen LogP contribution in [0.1, 0.15) is 17.7 Å². The molecule has 9 heteroatoms. The van der Waals surface area contributed by atoms with Crippen LogP contribution in [0.5, 0.6) is 5.75 Å². The lowest BCUT2D eigenvalue weighted by Gasteiger charge is -2.11. The first-order valence-electron chi connectivity index (χ1n) is 9.10. The Bertz CT molecular complexity index is 1170. The van der Waals surface area contributed by atoms with Gasteiger partial charge in [0.25, 0.3) is 0 Å². The molecule has 0 unspecified atom stereocenters. The van der Waals surface area contributed by atoms with E-state index in [-0.39, 0.29) is 17.1 Å². The molecule has 30 heavy (non-hydrogen) atoms. The van der Waals surface area contributed by atoms with Gasteiger partial charge in [0.1, 0.15) is 16.5 Å². The Morgan fingerprint density at radius 1 is 1.17 bits per heavy atom. The van der Waals surface area contributed by atoms with Crippen LogP contribution in [0.25, 0.3) is 11.3 Å². The highest BCUT2D eigenvalue weighted by Crippen LogP contribution is 2.33. The fourth-order valence-corrected chi connectivity index (χ4v) is 4.28. The van der Waals surface area contributed by atoms with Gasteiger partial charge in [0, 0.05) is 23.2 Å². The quantitative estimate of drug-likeness (QED) is 0.608. The molecule has 0 saturated carbocycles. The van der Waals surface area contributed by atoms with Gasteiger partial charge in [-0.05, 0) is 56.3 Å². The molecule has 0 saturated heterocycles. The fraction of sp³-hybridized carbons (Fsp3) is 0.238. The van der Waals surface area contributed by atoms with Crippen LogP contribution in [0.2, 0.25) is 0 Å². The molecule has 0 atom stereocenters. The summed E-state index contributed by atoms with van der Waals surface area (Å²) in [6.45, 7) is 3.63. The molecule has 158 valence electrons. The number of sulfone groups is 1. The average molecular weight is 432 g/mol. The largest absolute Gasteiger partial charge is 0.495 e. The summed E-state index contributed by atoms with van der Waals surface area (Å²) in [5.41, 5.74) is 2.45. The van der Waals surface area contributed by atoms with Crippen LogP contribution in [-0.4, -0.2) is 32.3 Å². The molecule has 0 bridgehead atoms. The molecule has 0 aliphatic carbocycles. The zero-order chi connectivity index (χ0) is 21.9. The van der Waals surface area contributed by atoms with Crippen molar-refractivity contribution in [2.45, 2.75) is 25.2 Å². The van der Waals surface area contributed by atoms with E-state index in [0.29, 0.717) is 22.7 Å². The molecule has 7 nitrogen and oxygen atoms in total. The summed E-state index contributed by atoms with van der Waals surface area (Å²) < 4.78 is 49.3. The summed E-state index contributed by atoms with van der Waals surface area (Å²) in [5, 5.41) is 6.44. The van der Waals surface area contributed by atoms with E-state index in [0.717, 1.165) is 5.56 Å². The molecule has 0 aliphatic rings. The Labute approximate surface area is 173 Å². The highest BCUT2D eigenvalue weighted by molar-refractivity contribution is 7.91. The zero-order valence-electron chi connectivity index (χ0n) is 16.7. The lowest BCUT2D eigenvalue weighted by Crippen LogP contribution is -2.18. The molecular weight excluding hydrogens is 411 g/mol. The van der Waals surface area contributed by atoms with Gasteiger partial charge in [0.15, 0.2) is 15.6 Å².